The normalized spacial score (nSPS) is 11.8. The van der Waals surface area contributed by atoms with Crippen molar-refractivity contribution in [1.82, 2.24) is 5.32 Å². The molecule has 1 atom stereocenters. The number of anilines is 2. The largest absolute Gasteiger partial charge is 0.323 e. The van der Waals surface area contributed by atoms with Crippen molar-refractivity contribution in [2.45, 2.75) is 10.1 Å². The molecule has 0 spiro atoms. The smallest absolute Gasteiger partial charge is 0.272 e. The number of rotatable bonds is 10. The summed E-state index contributed by atoms with van der Waals surface area (Å²) in [7, 11) is 0. The van der Waals surface area contributed by atoms with Gasteiger partial charge in [0.25, 0.3) is 11.8 Å². The molecule has 0 aliphatic rings. The van der Waals surface area contributed by atoms with E-state index in [1.165, 1.54) is 23.1 Å². The summed E-state index contributed by atoms with van der Waals surface area (Å²) in [5.41, 5.74) is 2.27. The monoisotopic (exact) mass is 657 g/mol. The molecule has 44 heavy (non-hydrogen) atoms. The summed E-state index contributed by atoms with van der Waals surface area (Å²) in [4.78, 5) is 41.4. The third-order valence-electron chi connectivity index (χ3n) is 6.23. The lowest BCUT2D eigenvalue weighted by Crippen LogP contribution is -2.30. The summed E-state index contributed by atoms with van der Waals surface area (Å²) >= 11 is 15.1. The first-order valence-corrected chi connectivity index (χ1v) is 15.9. The van der Waals surface area contributed by atoms with Gasteiger partial charge in [-0.1, -0.05) is 83.9 Å². The predicted molar refractivity (Wildman–Crippen MR) is 181 cm³/mol. The Labute approximate surface area is 273 Å². The van der Waals surface area contributed by atoms with Crippen molar-refractivity contribution in [2.75, 3.05) is 10.6 Å². The van der Waals surface area contributed by atoms with Crippen molar-refractivity contribution in [3.8, 4) is 0 Å². The van der Waals surface area contributed by atoms with E-state index in [4.69, 9.17) is 23.2 Å². The van der Waals surface area contributed by atoms with Crippen LogP contribution in [-0.2, 0) is 9.59 Å². The number of hydrogen-bond acceptors (Lipinski definition) is 5. The van der Waals surface area contributed by atoms with Crippen LogP contribution in [0, 0.1) is 0 Å². The highest BCUT2D eigenvalue weighted by atomic mass is 35.5. The minimum Gasteiger partial charge on any atom is -0.323 e. The van der Waals surface area contributed by atoms with Crippen LogP contribution in [0.3, 0.4) is 0 Å². The van der Waals surface area contributed by atoms with Gasteiger partial charge in [0, 0.05) is 26.0 Å². The molecule has 10 heteroatoms. The Hall–Kier alpha value is -4.34. The van der Waals surface area contributed by atoms with Gasteiger partial charge in [0.2, 0.25) is 5.91 Å². The fourth-order valence-electron chi connectivity index (χ4n) is 4.13. The molecule has 0 fully saturated rings. The Balaban J connectivity index is 1.36. The van der Waals surface area contributed by atoms with Crippen molar-refractivity contribution in [3.63, 3.8) is 0 Å². The average molecular weight is 659 g/mol. The summed E-state index contributed by atoms with van der Waals surface area (Å²) in [6.07, 6.45) is 1.64. The minimum atomic E-state index is -0.631. The summed E-state index contributed by atoms with van der Waals surface area (Å²) < 4.78 is 0. The van der Waals surface area contributed by atoms with Crippen LogP contribution in [0.5, 0.6) is 0 Å². The van der Waals surface area contributed by atoms with Gasteiger partial charge < -0.3 is 16.0 Å². The van der Waals surface area contributed by atoms with E-state index >= 15 is 0 Å². The highest BCUT2D eigenvalue weighted by molar-refractivity contribution is 8.00. The highest BCUT2D eigenvalue weighted by Gasteiger charge is 2.23. The lowest BCUT2D eigenvalue weighted by molar-refractivity contribution is -0.116. The maximum absolute atomic E-state index is 13.5. The third kappa shape index (κ3) is 8.39. The van der Waals surface area contributed by atoms with Gasteiger partial charge in [-0.2, -0.15) is 0 Å². The number of thiophene rings is 1. The fraction of sp³-hybridized carbons (Fsp3) is 0.0294. The molecule has 0 aliphatic heterocycles. The molecule has 0 radical (unpaired) electrons. The molecule has 0 saturated heterocycles. The first-order valence-electron chi connectivity index (χ1n) is 13.4. The van der Waals surface area contributed by atoms with E-state index in [0.29, 0.717) is 27.0 Å². The molecule has 0 bridgehead atoms. The van der Waals surface area contributed by atoms with E-state index < -0.39 is 17.1 Å². The van der Waals surface area contributed by atoms with E-state index in [0.717, 1.165) is 15.3 Å². The van der Waals surface area contributed by atoms with Gasteiger partial charge in [0.05, 0.1) is 10.7 Å². The van der Waals surface area contributed by atoms with E-state index in [2.05, 4.69) is 16.0 Å². The van der Waals surface area contributed by atoms with Gasteiger partial charge in [0.15, 0.2) is 0 Å². The second-order valence-corrected chi connectivity index (χ2v) is 12.4. The maximum atomic E-state index is 13.5. The third-order valence-corrected chi connectivity index (χ3v) is 8.85. The number of nitrogens with one attached hydrogen (secondary N) is 3. The number of halogens is 2. The lowest BCUT2D eigenvalue weighted by atomic mass is 10.1. The topological polar surface area (TPSA) is 87.3 Å². The molecule has 0 aliphatic carbocycles. The zero-order chi connectivity index (χ0) is 30.9. The number of carbonyl (C=O) groups excluding carboxylic acids is 3. The van der Waals surface area contributed by atoms with Crippen molar-refractivity contribution < 1.29 is 14.4 Å². The molecule has 3 N–H and O–H groups in total. The first kappa shape index (κ1) is 31.1. The van der Waals surface area contributed by atoms with Gasteiger partial charge in [-0.15, -0.1) is 23.1 Å². The van der Waals surface area contributed by atoms with Gasteiger partial charge in [0.1, 0.15) is 10.9 Å². The van der Waals surface area contributed by atoms with Crippen molar-refractivity contribution in [2.24, 2.45) is 0 Å². The SMILES string of the molecule is O=C(Nc1cccc(SC(C(=O)Nc2ccc(Cl)cc2Cl)c2ccccc2)c1)/C(=C/c1cccs1)NC(=O)c1ccccc1. The number of hydrogen-bond donors (Lipinski definition) is 3. The van der Waals surface area contributed by atoms with Crippen LogP contribution >= 0.6 is 46.3 Å². The van der Waals surface area contributed by atoms with Crippen LogP contribution in [0.2, 0.25) is 10.0 Å². The van der Waals surface area contributed by atoms with E-state index in [1.807, 2.05) is 60.0 Å². The van der Waals surface area contributed by atoms with Gasteiger partial charge in [-0.3, -0.25) is 14.4 Å². The van der Waals surface area contributed by atoms with Crippen LogP contribution < -0.4 is 16.0 Å². The number of thioether (sulfide) groups is 1. The Morgan fingerprint density at radius 3 is 2.23 bits per heavy atom. The molecule has 5 aromatic rings. The summed E-state index contributed by atoms with van der Waals surface area (Å²) in [6.45, 7) is 0. The first-order chi connectivity index (χ1) is 21.4. The summed E-state index contributed by atoms with van der Waals surface area (Å²) in [5, 5.41) is 10.6. The van der Waals surface area contributed by atoms with Crippen molar-refractivity contribution in [1.29, 1.82) is 0 Å². The lowest BCUT2D eigenvalue weighted by Gasteiger charge is -2.18. The standard InChI is InChI=1S/C34H25Cl2N3O3S2/c35-24-16-17-29(28(36)19-24)38-34(42)31(22-9-3-1-4-10-22)44-27-14-7-13-25(20-27)37-33(41)30(21-26-15-8-18-43-26)39-32(40)23-11-5-2-6-12-23/h1-21,31H,(H,37,41)(H,38,42)(H,39,40)/b30-21-. The molecule has 6 nitrogen and oxygen atoms in total. The van der Waals surface area contributed by atoms with Crippen LogP contribution in [0.25, 0.3) is 6.08 Å². The molecule has 3 amide bonds. The molecule has 1 unspecified atom stereocenters. The van der Waals surface area contributed by atoms with Gasteiger partial charge in [-0.25, -0.2) is 0 Å². The fourth-order valence-corrected chi connectivity index (χ4v) is 6.33. The summed E-state index contributed by atoms with van der Waals surface area (Å²) in [5.74, 6) is -1.16. The molecule has 1 aromatic heterocycles. The zero-order valence-electron chi connectivity index (χ0n) is 23.0. The van der Waals surface area contributed by atoms with Crippen LogP contribution in [0.4, 0.5) is 11.4 Å². The molecule has 220 valence electrons. The van der Waals surface area contributed by atoms with E-state index in [1.54, 1.807) is 66.7 Å². The van der Waals surface area contributed by atoms with Crippen LogP contribution in [0.1, 0.15) is 26.0 Å². The van der Waals surface area contributed by atoms with Gasteiger partial charge in [-0.05, 0) is 71.6 Å². The molecular formula is C34H25Cl2N3O3S2. The molecule has 1 heterocycles. The van der Waals surface area contributed by atoms with Crippen LogP contribution in [0.15, 0.2) is 131 Å². The van der Waals surface area contributed by atoms with Gasteiger partial charge >= 0.3 is 0 Å². The Bertz CT molecular complexity index is 1800. The number of amides is 3. The highest BCUT2D eigenvalue weighted by Crippen LogP contribution is 2.38. The predicted octanol–water partition coefficient (Wildman–Crippen LogP) is 8.94. The molecular weight excluding hydrogens is 633 g/mol. The second kappa shape index (κ2) is 14.9. The van der Waals surface area contributed by atoms with Crippen molar-refractivity contribution >= 4 is 81.5 Å². The minimum absolute atomic E-state index is 0.0979. The molecule has 0 saturated carbocycles. The maximum Gasteiger partial charge on any atom is 0.272 e. The van der Waals surface area contributed by atoms with E-state index in [-0.39, 0.29) is 11.6 Å². The quantitative estimate of drug-likeness (QED) is 0.103. The average Bonchev–Trinajstić information content (AvgIpc) is 3.55. The molecule has 5 rings (SSSR count). The van der Waals surface area contributed by atoms with Crippen LogP contribution in [-0.4, -0.2) is 17.7 Å². The molecule has 4 aromatic carbocycles. The Kier molecular flexibility index (Phi) is 10.5. The van der Waals surface area contributed by atoms with E-state index in [9.17, 15) is 14.4 Å². The summed E-state index contributed by atoms with van der Waals surface area (Å²) in [6, 6.07) is 33.8. The Morgan fingerprint density at radius 2 is 1.52 bits per heavy atom. The Morgan fingerprint density at radius 1 is 0.773 bits per heavy atom. The number of benzene rings is 4. The second-order valence-electron chi connectivity index (χ2n) is 9.40. The number of carbonyl (C=O) groups is 3. The van der Waals surface area contributed by atoms with Crippen molar-refractivity contribution in [3.05, 3.63) is 152 Å². The zero-order valence-corrected chi connectivity index (χ0v) is 26.1.